The zero-order valence-electron chi connectivity index (χ0n) is 18.2. The minimum absolute atomic E-state index is 0.297. The Morgan fingerprint density at radius 2 is 1.72 bits per heavy atom. The third-order valence-corrected chi connectivity index (χ3v) is 5.89. The van der Waals surface area contributed by atoms with Gasteiger partial charge in [0.25, 0.3) is 0 Å². The average molecular weight is 472 g/mol. The molecule has 0 saturated carbocycles. The van der Waals surface area contributed by atoms with Gasteiger partial charge in [-0.05, 0) is 42.7 Å². The predicted molar refractivity (Wildman–Crippen MR) is 128 cm³/mol. The van der Waals surface area contributed by atoms with E-state index in [2.05, 4.69) is 20.8 Å². The number of hydrogen-bond acceptors (Lipinski definition) is 5. The summed E-state index contributed by atoms with van der Waals surface area (Å²) in [4.78, 5) is 24.5. The summed E-state index contributed by atoms with van der Waals surface area (Å²) in [6.07, 6.45) is 0. The largest absolute Gasteiger partial charge is 0.338 e. The number of carbonyl (C=O) groups excluding carboxylic acids is 2. The number of thioether (sulfide) groups is 1. The SMILES string of the molecule is CC(C)CNC(=O)NC(=O)C(C)Sc1nnc(-c2ccc(Cl)cc2)n1Cc1ccccc1. The lowest BCUT2D eigenvalue weighted by molar-refractivity contribution is -0.119. The minimum atomic E-state index is -0.545. The van der Waals surface area contributed by atoms with Crippen molar-refractivity contribution in [3.8, 4) is 11.4 Å². The zero-order valence-corrected chi connectivity index (χ0v) is 19.8. The van der Waals surface area contributed by atoms with E-state index < -0.39 is 17.2 Å². The smallest absolute Gasteiger partial charge is 0.321 e. The molecule has 0 radical (unpaired) electrons. The number of amides is 3. The first-order chi connectivity index (χ1) is 15.3. The number of rotatable bonds is 8. The van der Waals surface area contributed by atoms with E-state index in [1.54, 1.807) is 19.1 Å². The summed E-state index contributed by atoms with van der Waals surface area (Å²) >= 11 is 7.29. The maximum absolute atomic E-state index is 12.5. The number of halogens is 1. The van der Waals surface area contributed by atoms with Gasteiger partial charge in [-0.1, -0.05) is 67.5 Å². The maximum Gasteiger partial charge on any atom is 0.321 e. The molecule has 3 rings (SSSR count). The van der Waals surface area contributed by atoms with Gasteiger partial charge in [0.05, 0.1) is 11.8 Å². The van der Waals surface area contributed by atoms with Gasteiger partial charge in [0.2, 0.25) is 5.91 Å². The van der Waals surface area contributed by atoms with E-state index in [0.717, 1.165) is 11.1 Å². The van der Waals surface area contributed by atoms with E-state index in [-0.39, 0.29) is 0 Å². The molecule has 2 N–H and O–H groups in total. The number of nitrogens with zero attached hydrogens (tertiary/aromatic N) is 3. The van der Waals surface area contributed by atoms with Gasteiger partial charge in [0.15, 0.2) is 11.0 Å². The van der Waals surface area contributed by atoms with Crippen molar-refractivity contribution in [1.82, 2.24) is 25.4 Å². The molecule has 1 aromatic heterocycles. The molecule has 0 bridgehead atoms. The van der Waals surface area contributed by atoms with Gasteiger partial charge >= 0.3 is 6.03 Å². The summed E-state index contributed by atoms with van der Waals surface area (Å²) in [5, 5.41) is 14.5. The van der Waals surface area contributed by atoms with Crippen LogP contribution in [0.1, 0.15) is 26.3 Å². The van der Waals surface area contributed by atoms with Gasteiger partial charge < -0.3 is 5.32 Å². The topological polar surface area (TPSA) is 88.9 Å². The molecule has 0 fully saturated rings. The van der Waals surface area contributed by atoms with E-state index in [4.69, 9.17) is 11.6 Å². The molecule has 1 atom stereocenters. The molecule has 0 spiro atoms. The molecule has 7 nitrogen and oxygen atoms in total. The van der Waals surface area contributed by atoms with Crippen LogP contribution in [0.2, 0.25) is 5.02 Å². The molecular formula is C23H26ClN5O2S. The van der Waals surface area contributed by atoms with Crippen LogP contribution in [0.3, 0.4) is 0 Å². The van der Waals surface area contributed by atoms with Crippen LogP contribution in [0.15, 0.2) is 59.8 Å². The van der Waals surface area contributed by atoms with Gasteiger partial charge in [0, 0.05) is 17.1 Å². The zero-order chi connectivity index (χ0) is 23.1. The number of aromatic nitrogens is 3. The van der Waals surface area contributed by atoms with Crippen LogP contribution in [0.4, 0.5) is 4.79 Å². The highest BCUT2D eigenvalue weighted by atomic mass is 35.5. The van der Waals surface area contributed by atoms with E-state index in [0.29, 0.717) is 35.0 Å². The Kier molecular flexibility index (Phi) is 8.30. The Morgan fingerprint density at radius 1 is 1.03 bits per heavy atom. The van der Waals surface area contributed by atoms with Crippen molar-refractivity contribution in [2.45, 2.75) is 37.7 Å². The van der Waals surface area contributed by atoms with Crippen molar-refractivity contribution >= 4 is 35.3 Å². The first-order valence-corrected chi connectivity index (χ1v) is 11.6. The quantitative estimate of drug-likeness (QED) is 0.468. The highest BCUT2D eigenvalue weighted by Gasteiger charge is 2.22. The minimum Gasteiger partial charge on any atom is -0.338 e. The van der Waals surface area contributed by atoms with Gasteiger partial charge in [-0.2, -0.15) is 0 Å². The van der Waals surface area contributed by atoms with Crippen LogP contribution in [0, 0.1) is 5.92 Å². The van der Waals surface area contributed by atoms with E-state index in [9.17, 15) is 9.59 Å². The van der Waals surface area contributed by atoms with Crippen molar-refractivity contribution in [2.24, 2.45) is 5.92 Å². The molecule has 168 valence electrons. The van der Waals surface area contributed by atoms with Crippen molar-refractivity contribution < 1.29 is 9.59 Å². The lowest BCUT2D eigenvalue weighted by Crippen LogP contribution is -2.43. The number of benzene rings is 2. The van der Waals surface area contributed by atoms with Crippen molar-refractivity contribution in [1.29, 1.82) is 0 Å². The van der Waals surface area contributed by atoms with Gasteiger partial charge in [-0.3, -0.25) is 14.7 Å². The van der Waals surface area contributed by atoms with Crippen LogP contribution < -0.4 is 10.6 Å². The number of hydrogen-bond donors (Lipinski definition) is 2. The number of nitrogens with one attached hydrogen (secondary N) is 2. The summed E-state index contributed by atoms with van der Waals surface area (Å²) in [6, 6.07) is 16.8. The molecule has 1 heterocycles. The Balaban J connectivity index is 1.80. The lowest BCUT2D eigenvalue weighted by Gasteiger charge is -2.14. The van der Waals surface area contributed by atoms with E-state index in [1.807, 2.05) is 60.9 Å². The van der Waals surface area contributed by atoms with Crippen LogP contribution in [-0.2, 0) is 11.3 Å². The molecule has 3 amide bonds. The maximum atomic E-state index is 12.5. The van der Waals surface area contributed by atoms with Crippen LogP contribution in [0.5, 0.6) is 0 Å². The fourth-order valence-electron chi connectivity index (χ4n) is 2.86. The predicted octanol–water partition coefficient (Wildman–Crippen LogP) is 4.61. The van der Waals surface area contributed by atoms with Gasteiger partial charge in [0.1, 0.15) is 0 Å². The molecular weight excluding hydrogens is 446 g/mol. The second kappa shape index (κ2) is 11.2. The highest BCUT2D eigenvalue weighted by molar-refractivity contribution is 8.00. The molecule has 2 aromatic carbocycles. The second-order valence-corrected chi connectivity index (χ2v) is 9.48. The molecule has 32 heavy (non-hydrogen) atoms. The van der Waals surface area contributed by atoms with Crippen molar-refractivity contribution in [2.75, 3.05) is 6.54 Å². The van der Waals surface area contributed by atoms with Gasteiger partial charge in [-0.25, -0.2) is 4.79 Å². The first-order valence-electron chi connectivity index (χ1n) is 10.3. The summed E-state index contributed by atoms with van der Waals surface area (Å²) in [5.41, 5.74) is 1.95. The average Bonchev–Trinajstić information content (AvgIpc) is 3.15. The summed E-state index contributed by atoms with van der Waals surface area (Å²) in [5.74, 6) is 0.583. The number of carbonyl (C=O) groups is 2. The Morgan fingerprint density at radius 3 is 2.38 bits per heavy atom. The summed E-state index contributed by atoms with van der Waals surface area (Å²) < 4.78 is 1.96. The monoisotopic (exact) mass is 471 g/mol. The van der Waals surface area contributed by atoms with Crippen LogP contribution in [-0.4, -0.2) is 38.5 Å². The molecule has 0 aliphatic carbocycles. The van der Waals surface area contributed by atoms with E-state index in [1.165, 1.54) is 11.8 Å². The third-order valence-electron chi connectivity index (χ3n) is 4.56. The molecule has 0 aliphatic heterocycles. The lowest BCUT2D eigenvalue weighted by atomic mass is 10.2. The fourth-order valence-corrected chi connectivity index (χ4v) is 3.84. The molecule has 3 aromatic rings. The second-order valence-electron chi connectivity index (χ2n) is 7.74. The van der Waals surface area contributed by atoms with Crippen LogP contribution in [0.25, 0.3) is 11.4 Å². The molecule has 9 heteroatoms. The highest BCUT2D eigenvalue weighted by Crippen LogP contribution is 2.28. The van der Waals surface area contributed by atoms with Gasteiger partial charge in [-0.15, -0.1) is 10.2 Å². The summed E-state index contributed by atoms with van der Waals surface area (Å²) in [6.45, 7) is 6.74. The van der Waals surface area contributed by atoms with Crippen LogP contribution >= 0.6 is 23.4 Å². The summed E-state index contributed by atoms with van der Waals surface area (Å²) in [7, 11) is 0. The number of urea groups is 1. The first kappa shape index (κ1) is 23.8. The van der Waals surface area contributed by atoms with Crippen molar-refractivity contribution in [3.63, 3.8) is 0 Å². The normalized spacial score (nSPS) is 11.9. The van der Waals surface area contributed by atoms with E-state index >= 15 is 0 Å². The molecule has 1 unspecified atom stereocenters. The Bertz CT molecular complexity index is 1050. The Hall–Kier alpha value is -2.84. The third kappa shape index (κ3) is 6.58. The number of imide groups is 1. The molecule has 0 aliphatic rings. The van der Waals surface area contributed by atoms with Crippen molar-refractivity contribution in [3.05, 3.63) is 65.2 Å². The fraction of sp³-hybridized carbons (Fsp3) is 0.304. The molecule has 0 saturated heterocycles. The Labute approximate surface area is 197 Å². The standard InChI is InChI=1S/C23H26ClN5O2S/c1-15(2)13-25-22(31)26-21(30)16(3)32-23-28-27-20(18-9-11-19(24)12-10-18)29(23)14-17-7-5-4-6-8-17/h4-12,15-16H,13-14H2,1-3H3,(H2,25,26,30,31).